The summed E-state index contributed by atoms with van der Waals surface area (Å²) in [6.07, 6.45) is -1.13. The Hall–Kier alpha value is -1.83. The average molecular weight is 421 g/mol. The van der Waals surface area contributed by atoms with E-state index in [9.17, 15) is 4.79 Å². The van der Waals surface area contributed by atoms with Crippen molar-refractivity contribution in [2.24, 2.45) is 0 Å². The van der Waals surface area contributed by atoms with E-state index in [-0.39, 0.29) is 10.8 Å². The van der Waals surface area contributed by atoms with Gasteiger partial charge in [-0.1, -0.05) is 51.1 Å². The van der Waals surface area contributed by atoms with E-state index in [1.165, 1.54) is 0 Å². The summed E-state index contributed by atoms with van der Waals surface area (Å²) in [5.41, 5.74) is 0.994. The normalized spacial score (nSPS) is 24.6. The molecular weight excluding hydrogens is 388 g/mol. The van der Waals surface area contributed by atoms with Gasteiger partial charge in [-0.15, -0.1) is 0 Å². The molecule has 0 unspecified atom stereocenters. The number of carbonyl (C=O) groups is 1. The molecule has 0 amide bonds. The van der Waals surface area contributed by atoms with E-state index in [2.05, 4.69) is 33.9 Å². The molecule has 1 aromatic carbocycles. The lowest BCUT2D eigenvalue weighted by Gasteiger charge is -2.36. The van der Waals surface area contributed by atoms with E-state index < -0.39 is 32.3 Å². The zero-order valence-corrected chi connectivity index (χ0v) is 19.4. The predicted molar refractivity (Wildman–Crippen MR) is 111 cm³/mol. The van der Waals surface area contributed by atoms with Gasteiger partial charge in [0.25, 0.3) is 8.32 Å². The largest absolute Gasteiger partial charge is 0.536 e. The van der Waals surface area contributed by atoms with Gasteiger partial charge in [0, 0.05) is 0 Å². The van der Waals surface area contributed by atoms with Gasteiger partial charge < -0.3 is 23.4 Å². The van der Waals surface area contributed by atoms with E-state index in [0.717, 1.165) is 5.56 Å². The average Bonchev–Trinajstić information content (AvgIpc) is 3.12. The number of esters is 1. The van der Waals surface area contributed by atoms with Crippen LogP contribution in [0, 0.1) is 0 Å². The van der Waals surface area contributed by atoms with Crippen LogP contribution in [-0.2, 0) is 34.8 Å². The van der Waals surface area contributed by atoms with Gasteiger partial charge in [0.1, 0.15) is 12.7 Å². The molecule has 160 valence electrons. The number of benzene rings is 1. The second-order valence-corrected chi connectivity index (χ2v) is 14.2. The first-order valence-electron chi connectivity index (χ1n) is 10.0. The fraction of sp³-hybridized carbons (Fsp3) is 0.591. The quantitative estimate of drug-likeness (QED) is 0.498. The van der Waals surface area contributed by atoms with Crippen molar-refractivity contribution in [3.8, 4) is 0 Å². The summed E-state index contributed by atoms with van der Waals surface area (Å²) in [7, 11) is -2.27. The molecule has 0 bridgehead atoms. The maximum atomic E-state index is 12.8. The minimum absolute atomic E-state index is 0.0716. The molecule has 2 atom stereocenters. The third-order valence-corrected chi connectivity index (χ3v) is 10.00. The molecule has 0 radical (unpaired) electrons. The van der Waals surface area contributed by atoms with Crippen LogP contribution >= 0.6 is 0 Å². The minimum Gasteiger partial charge on any atom is -0.536 e. The van der Waals surface area contributed by atoms with Crippen LogP contribution in [0.3, 0.4) is 0 Å². The topological polar surface area (TPSA) is 63.2 Å². The van der Waals surface area contributed by atoms with Crippen molar-refractivity contribution in [3.63, 3.8) is 0 Å². The van der Waals surface area contributed by atoms with Gasteiger partial charge in [0.2, 0.25) is 5.76 Å². The van der Waals surface area contributed by atoms with Gasteiger partial charge in [-0.25, -0.2) is 4.79 Å². The van der Waals surface area contributed by atoms with Gasteiger partial charge in [-0.2, -0.15) is 0 Å². The van der Waals surface area contributed by atoms with E-state index in [1.807, 2.05) is 44.2 Å². The fourth-order valence-electron chi connectivity index (χ4n) is 2.94. The SMILES string of the molecule is CC1(C)OC[C@@H]([C@H]2OC(=O)C(O[Si](C)(C)C(C)(C)C)=C2OCc2ccccc2)O1. The Labute approximate surface area is 174 Å². The summed E-state index contributed by atoms with van der Waals surface area (Å²) in [5.74, 6) is -0.665. The van der Waals surface area contributed by atoms with Crippen LogP contribution in [-0.4, -0.2) is 38.9 Å². The van der Waals surface area contributed by atoms with Crippen LogP contribution in [0.25, 0.3) is 0 Å². The Balaban J connectivity index is 1.90. The summed E-state index contributed by atoms with van der Waals surface area (Å²) < 4.78 is 29.8. The zero-order valence-electron chi connectivity index (χ0n) is 18.4. The van der Waals surface area contributed by atoms with Crippen LogP contribution in [0.5, 0.6) is 0 Å². The first-order valence-corrected chi connectivity index (χ1v) is 12.9. The number of hydrogen-bond donors (Lipinski definition) is 0. The van der Waals surface area contributed by atoms with Crippen LogP contribution in [0.4, 0.5) is 0 Å². The Kier molecular flexibility index (Phi) is 5.86. The highest BCUT2D eigenvalue weighted by molar-refractivity contribution is 6.74. The molecule has 1 aromatic rings. The number of carbonyl (C=O) groups excluding carboxylic acids is 1. The highest BCUT2D eigenvalue weighted by Crippen LogP contribution is 2.41. The number of rotatable bonds is 6. The van der Waals surface area contributed by atoms with Crippen molar-refractivity contribution in [1.29, 1.82) is 0 Å². The lowest BCUT2D eigenvalue weighted by Crippen LogP contribution is -2.41. The Morgan fingerprint density at radius 3 is 2.38 bits per heavy atom. The van der Waals surface area contributed by atoms with Crippen molar-refractivity contribution in [3.05, 3.63) is 47.4 Å². The van der Waals surface area contributed by atoms with Crippen LogP contribution < -0.4 is 0 Å². The smallest absolute Gasteiger partial charge is 0.376 e. The van der Waals surface area contributed by atoms with Crippen LogP contribution in [0.2, 0.25) is 18.1 Å². The summed E-state index contributed by atoms with van der Waals surface area (Å²) in [6.45, 7) is 14.9. The zero-order chi connectivity index (χ0) is 21.4. The number of cyclic esters (lactones) is 1. The van der Waals surface area contributed by atoms with Gasteiger partial charge in [0.05, 0.1) is 6.61 Å². The summed E-state index contributed by atoms with van der Waals surface area (Å²) in [6, 6.07) is 9.79. The van der Waals surface area contributed by atoms with Crippen molar-refractivity contribution in [2.75, 3.05) is 6.61 Å². The molecule has 0 aromatic heterocycles. The molecule has 0 N–H and O–H groups in total. The summed E-state index contributed by atoms with van der Waals surface area (Å²) in [5, 5.41) is -0.0716. The molecule has 0 spiro atoms. The standard InChI is InChI=1S/C22H32O6Si/c1-21(2,3)29(6,7)28-19-18(24-13-15-11-9-8-10-12-15)17(26-20(19)23)16-14-25-22(4,5)27-16/h8-12,16-17H,13-14H2,1-7H3/t16-,17+/m0/s1. The highest BCUT2D eigenvalue weighted by atomic mass is 28.4. The Bertz CT molecular complexity index is 778. The molecule has 1 saturated heterocycles. The van der Waals surface area contributed by atoms with Gasteiger partial charge in [0.15, 0.2) is 17.7 Å². The van der Waals surface area contributed by atoms with Gasteiger partial charge >= 0.3 is 5.97 Å². The van der Waals surface area contributed by atoms with E-state index >= 15 is 0 Å². The molecule has 7 heteroatoms. The molecule has 29 heavy (non-hydrogen) atoms. The number of ether oxygens (including phenoxy) is 4. The maximum absolute atomic E-state index is 12.8. The second kappa shape index (κ2) is 7.78. The van der Waals surface area contributed by atoms with Crippen LogP contribution in [0.15, 0.2) is 41.9 Å². The molecule has 6 nitrogen and oxygen atoms in total. The fourth-order valence-corrected chi connectivity index (χ4v) is 3.95. The highest BCUT2D eigenvalue weighted by Gasteiger charge is 2.50. The summed E-state index contributed by atoms with van der Waals surface area (Å²) in [4.78, 5) is 12.8. The molecule has 1 fully saturated rings. The lowest BCUT2D eigenvalue weighted by molar-refractivity contribution is -0.163. The van der Waals surface area contributed by atoms with E-state index in [0.29, 0.717) is 19.0 Å². The molecule has 2 aliphatic heterocycles. The second-order valence-electron chi connectivity index (χ2n) is 9.52. The van der Waals surface area contributed by atoms with Crippen molar-refractivity contribution < 1.29 is 28.2 Å². The van der Waals surface area contributed by atoms with Crippen LogP contribution in [0.1, 0.15) is 40.2 Å². The molecule has 0 aliphatic carbocycles. The summed E-state index contributed by atoms with van der Waals surface area (Å²) >= 11 is 0. The molecule has 2 aliphatic rings. The van der Waals surface area contributed by atoms with E-state index in [4.69, 9.17) is 23.4 Å². The van der Waals surface area contributed by atoms with Gasteiger partial charge in [-0.05, 0) is 37.5 Å². The van der Waals surface area contributed by atoms with Crippen molar-refractivity contribution >= 4 is 14.3 Å². The maximum Gasteiger partial charge on any atom is 0.376 e. The predicted octanol–water partition coefficient (Wildman–Crippen LogP) is 4.51. The molecular formula is C22H32O6Si. The monoisotopic (exact) mass is 420 g/mol. The Morgan fingerprint density at radius 1 is 1.17 bits per heavy atom. The van der Waals surface area contributed by atoms with Gasteiger partial charge in [-0.3, -0.25) is 0 Å². The lowest BCUT2D eigenvalue weighted by atomic mass is 10.1. The third-order valence-electron chi connectivity index (χ3n) is 5.67. The third kappa shape index (κ3) is 4.84. The molecule has 2 heterocycles. The first-order chi connectivity index (χ1) is 13.4. The van der Waals surface area contributed by atoms with E-state index in [1.54, 1.807) is 0 Å². The number of hydrogen-bond acceptors (Lipinski definition) is 6. The molecule has 0 saturated carbocycles. The first kappa shape index (κ1) is 21.9. The minimum atomic E-state index is -2.27. The molecule has 3 rings (SSSR count). The Morgan fingerprint density at radius 2 is 1.83 bits per heavy atom. The van der Waals surface area contributed by atoms with Crippen molar-refractivity contribution in [2.45, 2.75) is 77.4 Å². The van der Waals surface area contributed by atoms with Crippen molar-refractivity contribution in [1.82, 2.24) is 0 Å².